The van der Waals surface area contributed by atoms with Crippen LogP contribution in [0, 0.1) is 0 Å². The minimum Gasteiger partial charge on any atom is -0.366 e. The van der Waals surface area contributed by atoms with E-state index < -0.39 is 9.84 Å². The van der Waals surface area contributed by atoms with Crippen molar-refractivity contribution in [3.05, 3.63) is 16.5 Å². The number of rotatable bonds is 5. The molecule has 1 aromatic heterocycles. The highest BCUT2D eigenvalue weighted by Crippen LogP contribution is 2.38. The molecule has 2 rings (SSSR count). The van der Waals surface area contributed by atoms with Crippen molar-refractivity contribution in [2.45, 2.75) is 31.7 Å². The summed E-state index contributed by atoms with van der Waals surface area (Å²) in [5, 5.41) is 3.10. The highest BCUT2D eigenvalue weighted by Gasteiger charge is 2.27. The molecule has 1 aliphatic carbocycles. The van der Waals surface area contributed by atoms with Gasteiger partial charge in [-0.15, -0.1) is 0 Å². The summed E-state index contributed by atoms with van der Waals surface area (Å²) in [7, 11) is -2.99. The molecule has 100 valence electrons. The fourth-order valence-electron chi connectivity index (χ4n) is 1.78. The molecule has 1 heterocycles. The van der Waals surface area contributed by atoms with Crippen molar-refractivity contribution in [1.29, 1.82) is 0 Å². The molecule has 1 saturated carbocycles. The zero-order valence-corrected chi connectivity index (χ0v) is 12.8. The lowest BCUT2D eigenvalue weighted by atomic mass is 10.3. The Morgan fingerprint density at radius 2 is 2.17 bits per heavy atom. The van der Waals surface area contributed by atoms with Crippen molar-refractivity contribution in [3.63, 3.8) is 0 Å². The Bertz CT molecular complexity index is 543. The normalized spacial score (nSPS) is 17.5. The molecule has 1 aromatic rings. The maximum atomic E-state index is 11.2. The summed E-state index contributed by atoms with van der Waals surface area (Å²) in [6.07, 6.45) is 3.50. The van der Waals surface area contributed by atoms with Crippen molar-refractivity contribution in [1.82, 2.24) is 9.97 Å². The first-order valence-corrected chi connectivity index (χ1v) is 8.67. The number of nitrogens with one attached hydrogen (secondary N) is 1. The summed E-state index contributed by atoms with van der Waals surface area (Å²) < 4.78 is 23.1. The third kappa shape index (κ3) is 4.20. The molecule has 0 aliphatic heterocycles. The summed E-state index contributed by atoms with van der Waals surface area (Å²) in [5.74, 6) is 2.06. The Morgan fingerprint density at radius 1 is 1.50 bits per heavy atom. The highest BCUT2D eigenvalue weighted by molar-refractivity contribution is 9.10. The number of nitrogens with zero attached hydrogens (tertiary/aromatic N) is 2. The SMILES string of the molecule is CC(CS(C)(=O)=O)Nc1cc(Br)nc(C2CC2)n1. The Hall–Kier alpha value is -0.690. The van der Waals surface area contributed by atoms with E-state index in [1.807, 2.05) is 6.92 Å². The van der Waals surface area contributed by atoms with Gasteiger partial charge >= 0.3 is 0 Å². The van der Waals surface area contributed by atoms with Crippen molar-refractivity contribution < 1.29 is 8.42 Å². The number of halogens is 1. The molecule has 1 aliphatic rings. The molecular formula is C11H16BrN3O2S. The molecule has 1 fully saturated rings. The smallest absolute Gasteiger partial charge is 0.149 e. The van der Waals surface area contributed by atoms with Gasteiger partial charge in [0.15, 0.2) is 0 Å². The molecule has 1 unspecified atom stereocenters. The second-order valence-electron chi connectivity index (χ2n) is 4.85. The minimum absolute atomic E-state index is 0.0907. The van der Waals surface area contributed by atoms with Crippen LogP contribution in [-0.4, -0.2) is 36.4 Å². The highest BCUT2D eigenvalue weighted by atomic mass is 79.9. The molecule has 18 heavy (non-hydrogen) atoms. The Morgan fingerprint density at radius 3 is 2.72 bits per heavy atom. The fraction of sp³-hybridized carbons (Fsp3) is 0.636. The van der Waals surface area contributed by atoms with E-state index in [-0.39, 0.29) is 11.8 Å². The van der Waals surface area contributed by atoms with Gasteiger partial charge in [-0.25, -0.2) is 18.4 Å². The molecule has 0 spiro atoms. The molecule has 7 heteroatoms. The lowest BCUT2D eigenvalue weighted by Crippen LogP contribution is -2.25. The van der Waals surface area contributed by atoms with Gasteiger partial charge in [0.2, 0.25) is 0 Å². The molecule has 0 bridgehead atoms. The Labute approximate surface area is 115 Å². The van der Waals surface area contributed by atoms with Crippen LogP contribution in [0.2, 0.25) is 0 Å². The number of aromatic nitrogens is 2. The van der Waals surface area contributed by atoms with Crippen LogP contribution in [0.5, 0.6) is 0 Å². The summed E-state index contributed by atoms with van der Waals surface area (Å²) >= 11 is 3.35. The van der Waals surface area contributed by atoms with E-state index in [2.05, 4.69) is 31.2 Å². The standard InChI is InChI=1S/C11H16BrN3O2S/c1-7(6-18(2,16)17)13-10-5-9(12)14-11(15-10)8-3-4-8/h5,7-8H,3-4,6H2,1-2H3,(H,13,14,15). The molecule has 1 N–H and O–H groups in total. The van der Waals surface area contributed by atoms with E-state index in [4.69, 9.17) is 0 Å². The quantitative estimate of drug-likeness (QED) is 0.834. The van der Waals surface area contributed by atoms with Crippen LogP contribution < -0.4 is 5.32 Å². The van der Waals surface area contributed by atoms with Gasteiger partial charge in [0.25, 0.3) is 0 Å². The predicted octanol–water partition coefficient (Wildman–Crippen LogP) is 1.96. The number of sulfone groups is 1. The summed E-state index contributed by atoms with van der Waals surface area (Å²) in [6, 6.07) is 1.60. The predicted molar refractivity (Wildman–Crippen MR) is 74.5 cm³/mol. The lowest BCUT2D eigenvalue weighted by molar-refractivity contribution is 0.598. The van der Waals surface area contributed by atoms with Gasteiger partial charge in [-0.2, -0.15) is 0 Å². The average Bonchev–Trinajstić information content (AvgIpc) is 2.95. The van der Waals surface area contributed by atoms with E-state index in [0.29, 0.717) is 11.7 Å². The number of hydrogen-bond donors (Lipinski definition) is 1. The van der Waals surface area contributed by atoms with E-state index >= 15 is 0 Å². The molecular weight excluding hydrogens is 318 g/mol. The molecule has 0 radical (unpaired) electrons. The first kappa shape index (κ1) is 13.7. The number of hydrogen-bond acceptors (Lipinski definition) is 5. The molecule has 1 atom stereocenters. The van der Waals surface area contributed by atoms with Crippen molar-refractivity contribution in [2.75, 3.05) is 17.3 Å². The monoisotopic (exact) mass is 333 g/mol. The van der Waals surface area contributed by atoms with Crippen molar-refractivity contribution in [3.8, 4) is 0 Å². The third-order valence-electron chi connectivity index (χ3n) is 2.60. The van der Waals surface area contributed by atoms with Crippen molar-refractivity contribution in [2.24, 2.45) is 0 Å². The van der Waals surface area contributed by atoms with Gasteiger partial charge in [0.05, 0.1) is 5.75 Å². The van der Waals surface area contributed by atoms with E-state index in [9.17, 15) is 8.42 Å². The van der Waals surface area contributed by atoms with Crippen LogP contribution in [0.25, 0.3) is 0 Å². The van der Waals surface area contributed by atoms with Gasteiger partial charge in [-0.1, -0.05) is 0 Å². The molecule has 0 amide bonds. The first-order valence-electron chi connectivity index (χ1n) is 5.82. The first-order chi connectivity index (χ1) is 8.33. The lowest BCUT2D eigenvalue weighted by Gasteiger charge is -2.14. The van der Waals surface area contributed by atoms with Crippen LogP contribution in [0.4, 0.5) is 5.82 Å². The van der Waals surface area contributed by atoms with Gasteiger partial charge in [0.1, 0.15) is 26.1 Å². The van der Waals surface area contributed by atoms with Crippen LogP contribution in [0.15, 0.2) is 10.7 Å². The van der Waals surface area contributed by atoms with Crippen LogP contribution in [-0.2, 0) is 9.84 Å². The van der Waals surface area contributed by atoms with E-state index in [1.165, 1.54) is 6.26 Å². The second-order valence-corrected chi connectivity index (χ2v) is 7.84. The topological polar surface area (TPSA) is 72.0 Å². The van der Waals surface area contributed by atoms with Crippen molar-refractivity contribution >= 4 is 31.6 Å². The third-order valence-corrected chi connectivity index (χ3v) is 4.11. The molecule has 5 nitrogen and oxygen atoms in total. The molecule has 0 aromatic carbocycles. The van der Waals surface area contributed by atoms with E-state index in [1.54, 1.807) is 6.07 Å². The van der Waals surface area contributed by atoms with Gasteiger partial charge < -0.3 is 5.32 Å². The molecule has 0 saturated heterocycles. The zero-order valence-electron chi connectivity index (χ0n) is 10.4. The Balaban J connectivity index is 2.08. The summed E-state index contributed by atoms with van der Waals surface area (Å²) in [5.41, 5.74) is 0. The van der Waals surface area contributed by atoms with Crippen LogP contribution >= 0.6 is 15.9 Å². The number of anilines is 1. The van der Waals surface area contributed by atoms with Crippen LogP contribution in [0.1, 0.15) is 31.5 Å². The van der Waals surface area contributed by atoms with Crippen LogP contribution in [0.3, 0.4) is 0 Å². The second kappa shape index (κ2) is 5.13. The van der Waals surface area contributed by atoms with Gasteiger partial charge in [-0.3, -0.25) is 0 Å². The van der Waals surface area contributed by atoms with Gasteiger partial charge in [-0.05, 0) is 35.7 Å². The van der Waals surface area contributed by atoms with E-state index in [0.717, 1.165) is 23.3 Å². The Kier molecular flexibility index (Phi) is 3.91. The summed E-state index contributed by atoms with van der Waals surface area (Å²) in [4.78, 5) is 8.74. The van der Waals surface area contributed by atoms with Gasteiger partial charge in [0, 0.05) is 24.3 Å². The zero-order chi connectivity index (χ0) is 13.3. The maximum Gasteiger partial charge on any atom is 0.149 e. The summed E-state index contributed by atoms with van der Waals surface area (Å²) in [6.45, 7) is 1.83. The largest absolute Gasteiger partial charge is 0.366 e. The minimum atomic E-state index is -2.99. The fourth-order valence-corrected chi connectivity index (χ4v) is 3.17. The maximum absolute atomic E-state index is 11.2. The average molecular weight is 334 g/mol.